The first-order valence-corrected chi connectivity index (χ1v) is 7.83. The van der Waals surface area contributed by atoms with Crippen LogP contribution >= 0.6 is 0 Å². The Morgan fingerprint density at radius 1 is 1.04 bits per heavy atom. The fourth-order valence-corrected chi connectivity index (χ4v) is 2.77. The first-order valence-electron chi connectivity index (χ1n) is 7.83. The van der Waals surface area contributed by atoms with Gasteiger partial charge in [-0.2, -0.15) is 0 Å². The van der Waals surface area contributed by atoms with Crippen LogP contribution in [0.2, 0.25) is 0 Å². The highest BCUT2D eigenvalue weighted by Gasteiger charge is 2.32. The van der Waals surface area contributed by atoms with Crippen LogP contribution in [-0.4, -0.2) is 18.0 Å². The van der Waals surface area contributed by atoms with E-state index in [2.05, 4.69) is 10.3 Å². The van der Waals surface area contributed by atoms with Crippen molar-refractivity contribution in [3.05, 3.63) is 66.4 Å². The summed E-state index contributed by atoms with van der Waals surface area (Å²) in [5, 5.41) is 4.01. The summed E-state index contributed by atoms with van der Waals surface area (Å²) in [5.41, 5.74) is 1.59. The molecule has 0 bridgehead atoms. The minimum Gasteiger partial charge on any atom is -0.496 e. The first kappa shape index (κ1) is 16.0. The van der Waals surface area contributed by atoms with Crippen molar-refractivity contribution in [3.8, 4) is 5.75 Å². The van der Waals surface area contributed by atoms with Crippen LogP contribution < -0.4 is 10.1 Å². The van der Waals surface area contributed by atoms with E-state index in [1.807, 2.05) is 68.4 Å². The summed E-state index contributed by atoms with van der Waals surface area (Å²) >= 11 is 0. The molecule has 4 heteroatoms. The zero-order valence-corrected chi connectivity index (χ0v) is 14.0. The van der Waals surface area contributed by atoms with Crippen LogP contribution in [0, 0.1) is 0 Å². The van der Waals surface area contributed by atoms with Crippen LogP contribution in [0.5, 0.6) is 5.75 Å². The Morgan fingerprint density at radius 3 is 2.58 bits per heavy atom. The van der Waals surface area contributed by atoms with Crippen molar-refractivity contribution in [3.63, 3.8) is 0 Å². The number of nitrogens with one attached hydrogen (secondary N) is 1. The van der Waals surface area contributed by atoms with E-state index < -0.39 is 5.41 Å². The van der Waals surface area contributed by atoms with Crippen molar-refractivity contribution < 1.29 is 9.53 Å². The Morgan fingerprint density at radius 2 is 1.79 bits per heavy atom. The quantitative estimate of drug-likeness (QED) is 0.785. The molecule has 0 fully saturated rings. The molecule has 0 unspecified atom stereocenters. The summed E-state index contributed by atoms with van der Waals surface area (Å²) in [6.45, 7) is 3.78. The number of carbonyl (C=O) groups is 1. The van der Waals surface area contributed by atoms with Gasteiger partial charge < -0.3 is 10.1 Å². The van der Waals surface area contributed by atoms with Gasteiger partial charge in [0.05, 0.1) is 23.7 Å². The largest absolute Gasteiger partial charge is 0.496 e. The van der Waals surface area contributed by atoms with Crippen LogP contribution in [-0.2, 0) is 10.2 Å². The molecule has 122 valence electrons. The van der Waals surface area contributed by atoms with Crippen LogP contribution in [0.15, 0.2) is 60.8 Å². The number of methoxy groups -OCH3 is 1. The third kappa shape index (κ3) is 2.83. The van der Waals surface area contributed by atoms with E-state index in [-0.39, 0.29) is 5.91 Å². The molecule has 0 saturated carbocycles. The summed E-state index contributed by atoms with van der Waals surface area (Å²) in [6, 6.07) is 17.2. The lowest BCUT2D eigenvalue weighted by atomic mass is 9.83. The number of pyridine rings is 1. The molecule has 2 aromatic carbocycles. The van der Waals surface area contributed by atoms with Gasteiger partial charge in [-0.25, -0.2) is 0 Å². The van der Waals surface area contributed by atoms with Crippen molar-refractivity contribution in [2.45, 2.75) is 19.3 Å². The van der Waals surface area contributed by atoms with Crippen LogP contribution in [0.25, 0.3) is 10.9 Å². The van der Waals surface area contributed by atoms with E-state index in [0.717, 1.165) is 16.5 Å². The Bertz CT molecular complexity index is 882. The SMILES string of the molecule is COc1ccccc1C(C)(C)C(=O)Nc1cccc2cccnc12. The number of anilines is 1. The number of ether oxygens (including phenoxy) is 1. The zero-order chi connectivity index (χ0) is 17.2. The second-order valence-electron chi connectivity index (χ2n) is 6.16. The first-order chi connectivity index (χ1) is 11.5. The van der Waals surface area contributed by atoms with Gasteiger partial charge in [0, 0.05) is 17.1 Å². The van der Waals surface area contributed by atoms with Gasteiger partial charge >= 0.3 is 0 Å². The predicted molar refractivity (Wildman–Crippen MR) is 96.4 cm³/mol. The van der Waals surface area contributed by atoms with Crippen molar-refractivity contribution in [1.29, 1.82) is 0 Å². The molecule has 0 atom stereocenters. The lowest BCUT2D eigenvalue weighted by molar-refractivity contribution is -0.120. The Labute approximate surface area is 141 Å². The van der Waals surface area contributed by atoms with E-state index >= 15 is 0 Å². The second kappa shape index (κ2) is 6.32. The Kier molecular flexibility index (Phi) is 4.21. The summed E-state index contributed by atoms with van der Waals surface area (Å²) in [5.74, 6) is 0.596. The van der Waals surface area contributed by atoms with Gasteiger partial charge in [0.1, 0.15) is 5.75 Å². The number of rotatable bonds is 4. The van der Waals surface area contributed by atoms with E-state index in [0.29, 0.717) is 11.4 Å². The third-order valence-corrected chi connectivity index (χ3v) is 4.23. The number of amides is 1. The lowest BCUT2D eigenvalue weighted by Crippen LogP contribution is -2.35. The maximum atomic E-state index is 13.0. The number of benzene rings is 2. The molecule has 3 rings (SSSR count). The fraction of sp³-hybridized carbons (Fsp3) is 0.200. The molecule has 0 aliphatic heterocycles. The molecular weight excluding hydrogens is 300 g/mol. The number of fused-ring (bicyclic) bond motifs is 1. The molecule has 24 heavy (non-hydrogen) atoms. The Hall–Kier alpha value is -2.88. The molecule has 0 aliphatic rings. The molecule has 0 saturated heterocycles. The van der Waals surface area contributed by atoms with Gasteiger partial charge in [0.25, 0.3) is 0 Å². The number of carbonyl (C=O) groups excluding carboxylic acids is 1. The molecule has 3 aromatic rings. The topological polar surface area (TPSA) is 51.2 Å². The summed E-state index contributed by atoms with van der Waals surface area (Å²) in [4.78, 5) is 17.3. The number of nitrogens with zero attached hydrogens (tertiary/aromatic N) is 1. The number of hydrogen-bond acceptors (Lipinski definition) is 3. The lowest BCUT2D eigenvalue weighted by Gasteiger charge is -2.26. The smallest absolute Gasteiger partial charge is 0.234 e. The average molecular weight is 320 g/mol. The number of aromatic nitrogens is 1. The summed E-state index contributed by atoms with van der Waals surface area (Å²) < 4.78 is 5.41. The molecule has 1 heterocycles. The van der Waals surface area contributed by atoms with Gasteiger partial charge in [-0.3, -0.25) is 9.78 Å². The summed E-state index contributed by atoms with van der Waals surface area (Å²) in [7, 11) is 1.61. The highest BCUT2D eigenvalue weighted by Crippen LogP contribution is 2.33. The van der Waals surface area contributed by atoms with Gasteiger partial charge in [-0.1, -0.05) is 36.4 Å². The molecule has 1 amide bonds. The number of para-hydroxylation sites is 2. The van der Waals surface area contributed by atoms with Crippen molar-refractivity contribution in [2.24, 2.45) is 0 Å². The summed E-state index contributed by atoms with van der Waals surface area (Å²) in [6.07, 6.45) is 1.73. The van der Waals surface area contributed by atoms with Crippen LogP contribution in [0.3, 0.4) is 0 Å². The van der Waals surface area contributed by atoms with Crippen molar-refractivity contribution >= 4 is 22.5 Å². The highest BCUT2D eigenvalue weighted by atomic mass is 16.5. The van der Waals surface area contributed by atoms with E-state index in [4.69, 9.17) is 4.74 Å². The normalized spacial score (nSPS) is 11.3. The van der Waals surface area contributed by atoms with Gasteiger partial charge in [-0.15, -0.1) is 0 Å². The van der Waals surface area contributed by atoms with E-state index in [1.165, 1.54) is 0 Å². The van der Waals surface area contributed by atoms with Crippen molar-refractivity contribution in [2.75, 3.05) is 12.4 Å². The monoisotopic (exact) mass is 320 g/mol. The predicted octanol–water partition coefficient (Wildman–Crippen LogP) is 4.16. The molecular formula is C20H20N2O2. The molecule has 0 aliphatic carbocycles. The van der Waals surface area contributed by atoms with Gasteiger partial charge in [-0.05, 0) is 32.0 Å². The second-order valence-corrected chi connectivity index (χ2v) is 6.16. The van der Waals surface area contributed by atoms with E-state index in [9.17, 15) is 4.79 Å². The number of hydrogen-bond donors (Lipinski definition) is 1. The van der Waals surface area contributed by atoms with Crippen molar-refractivity contribution in [1.82, 2.24) is 4.98 Å². The average Bonchev–Trinajstić information content (AvgIpc) is 2.62. The maximum absolute atomic E-state index is 13.0. The standard InChI is InChI=1S/C20H20N2O2/c1-20(2,15-10-4-5-12-17(15)24-3)19(23)22-16-11-6-8-14-9-7-13-21-18(14)16/h4-13H,1-3H3,(H,22,23). The Balaban J connectivity index is 1.96. The molecule has 1 N–H and O–H groups in total. The minimum absolute atomic E-state index is 0.106. The van der Waals surface area contributed by atoms with E-state index in [1.54, 1.807) is 13.3 Å². The van der Waals surface area contributed by atoms with Gasteiger partial charge in [0.15, 0.2) is 0 Å². The third-order valence-electron chi connectivity index (χ3n) is 4.23. The highest BCUT2D eigenvalue weighted by molar-refractivity contribution is 6.04. The molecule has 4 nitrogen and oxygen atoms in total. The molecule has 0 radical (unpaired) electrons. The molecule has 1 aromatic heterocycles. The maximum Gasteiger partial charge on any atom is 0.234 e. The fourth-order valence-electron chi connectivity index (χ4n) is 2.77. The van der Waals surface area contributed by atoms with Crippen LogP contribution in [0.4, 0.5) is 5.69 Å². The minimum atomic E-state index is -0.746. The van der Waals surface area contributed by atoms with Crippen LogP contribution in [0.1, 0.15) is 19.4 Å². The van der Waals surface area contributed by atoms with Gasteiger partial charge in [0.2, 0.25) is 5.91 Å². The molecule has 0 spiro atoms. The zero-order valence-electron chi connectivity index (χ0n) is 14.0.